The average Bonchev–Trinajstić information content (AvgIpc) is 2.45. The molecule has 0 N–H and O–H groups in total. The van der Waals surface area contributed by atoms with Crippen molar-refractivity contribution in [1.82, 2.24) is 0 Å². The van der Waals surface area contributed by atoms with Crippen molar-refractivity contribution in [2.24, 2.45) is 11.3 Å². The molecule has 2 atom stereocenters. The molecule has 0 saturated heterocycles. The first kappa shape index (κ1) is 17.3. The smallest absolute Gasteiger partial charge is 0.308 e. The fraction of sp³-hybridized carbons (Fsp3) is 0.591. The molecule has 0 bridgehead atoms. The molecule has 24 heavy (non-hydrogen) atoms. The van der Waals surface area contributed by atoms with Crippen LogP contribution in [0.25, 0.3) is 6.08 Å². The van der Waals surface area contributed by atoms with Gasteiger partial charge in [-0.1, -0.05) is 53.2 Å². The van der Waals surface area contributed by atoms with Gasteiger partial charge in [0.15, 0.2) is 0 Å². The minimum atomic E-state index is -0.242. The number of benzene rings is 1. The lowest BCUT2D eigenvalue weighted by Gasteiger charge is -2.52. The molecule has 130 valence electrons. The van der Waals surface area contributed by atoms with Crippen LogP contribution in [0.1, 0.15) is 83.4 Å². The number of hydrogen-bond donors (Lipinski definition) is 0. The highest BCUT2D eigenvalue weighted by molar-refractivity contribution is 5.72. The molecule has 0 aromatic heterocycles. The molecule has 2 aliphatic carbocycles. The van der Waals surface area contributed by atoms with Crippen LogP contribution in [0.3, 0.4) is 0 Å². The quantitative estimate of drug-likeness (QED) is 0.503. The van der Waals surface area contributed by atoms with Gasteiger partial charge < -0.3 is 4.74 Å². The average molecular weight is 326 g/mol. The van der Waals surface area contributed by atoms with Crippen LogP contribution < -0.4 is 4.74 Å². The molecule has 3 rings (SSSR count). The maximum atomic E-state index is 11.6. The van der Waals surface area contributed by atoms with Gasteiger partial charge in [0.2, 0.25) is 0 Å². The normalized spacial score (nSPS) is 27.5. The molecule has 1 aromatic carbocycles. The predicted octanol–water partition coefficient (Wildman–Crippen LogP) is 5.85. The van der Waals surface area contributed by atoms with Crippen LogP contribution in [-0.4, -0.2) is 5.97 Å². The molecule has 0 unspecified atom stereocenters. The molecule has 2 aliphatic rings. The first-order valence-corrected chi connectivity index (χ1v) is 9.20. The van der Waals surface area contributed by atoms with Gasteiger partial charge in [0.05, 0.1) is 0 Å². The third-order valence-corrected chi connectivity index (χ3v) is 6.19. The van der Waals surface area contributed by atoms with E-state index < -0.39 is 0 Å². The molecule has 1 fully saturated rings. The van der Waals surface area contributed by atoms with Gasteiger partial charge in [-0.2, -0.15) is 0 Å². The van der Waals surface area contributed by atoms with E-state index in [0.29, 0.717) is 17.3 Å². The second-order valence-corrected chi connectivity index (χ2v) is 8.82. The maximum absolute atomic E-state index is 11.6. The van der Waals surface area contributed by atoms with E-state index in [1.165, 1.54) is 37.3 Å². The Balaban J connectivity index is 2.17. The highest BCUT2D eigenvalue weighted by Gasteiger charge is 2.48. The lowest BCUT2D eigenvalue weighted by atomic mass is 9.52. The molecule has 0 spiro atoms. The Bertz CT molecular complexity index is 696. The number of carbonyl (C=O) groups is 1. The lowest BCUT2D eigenvalue weighted by molar-refractivity contribution is -0.131. The Morgan fingerprint density at radius 2 is 1.92 bits per heavy atom. The van der Waals surface area contributed by atoms with E-state index >= 15 is 0 Å². The largest absolute Gasteiger partial charge is 0.426 e. The Morgan fingerprint density at radius 3 is 2.54 bits per heavy atom. The summed E-state index contributed by atoms with van der Waals surface area (Å²) in [6.07, 6.45) is 8.43. The number of rotatable bonds is 2. The van der Waals surface area contributed by atoms with Crippen molar-refractivity contribution in [2.75, 3.05) is 0 Å². The van der Waals surface area contributed by atoms with Gasteiger partial charge in [-0.15, -0.1) is 0 Å². The third kappa shape index (κ3) is 2.70. The van der Waals surface area contributed by atoms with Crippen molar-refractivity contribution in [1.29, 1.82) is 0 Å². The highest BCUT2D eigenvalue weighted by atomic mass is 16.5. The number of allylic oxidation sites excluding steroid dienone is 1. The van der Waals surface area contributed by atoms with Crippen molar-refractivity contribution in [3.8, 4) is 5.75 Å². The maximum Gasteiger partial charge on any atom is 0.308 e. The fourth-order valence-corrected chi connectivity index (χ4v) is 5.00. The molecule has 2 heteroatoms. The minimum absolute atomic E-state index is 0.121. The second-order valence-electron chi connectivity index (χ2n) is 8.82. The van der Waals surface area contributed by atoms with Crippen molar-refractivity contribution >= 4 is 12.0 Å². The summed E-state index contributed by atoms with van der Waals surface area (Å²) < 4.78 is 5.59. The van der Waals surface area contributed by atoms with Gasteiger partial charge >= 0.3 is 5.97 Å². The molecule has 0 heterocycles. The summed E-state index contributed by atoms with van der Waals surface area (Å²) in [5.74, 6) is 1.36. The lowest BCUT2D eigenvalue weighted by Crippen LogP contribution is -2.45. The summed E-state index contributed by atoms with van der Waals surface area (Å²) in [6, 6.07) is 4.39. The van der Waals surface area contributed by atoms with E-state index in [-0.39, 0.29) is 11.4 Å². The summed E-state index contributed by atoms with van der Waals surface area (Å²) in [7, 11) is 0. The number of fused-ring (bicyclic) bond motifs is 3. The van der Waals surface area contributed by atoms with E-state index in [1.54, 1.807) is 0 Å². The van der Waals surface area contributed by atoms with E-state index in [4.69, 9.17) is 4.74 Å². The van der Waals surface area contributed by atoms with Gasteiger partial charge in [0.1, 0.15) is 5.75 Å². The van der Waals surface area contributed by atoms with Gasteiger partial charge in [-0.25, -0.2) is 0 Å². The highest BCUT2D eigenvalue weighted by Crippen LogP contribution is 2.56. The number of ether oxygens (including phenoxy) is 1. The Kier molecular flexibility index (Phi) is 4.14. The van der Waals surface area contributed by atoms with Crippen molar-refractivity contribution in [3.05, 3.63) is 34.9 Å². The zero-order valence-electron chi connectivity index (χ0n) is 15.9. The van der Waals surface area contributed by atoms with Crippen molar-refractivity contribution in [2.45, 2.75) is 72.1 Å². The van der Waals surface area contributed by atoms with Crippen LogP contribution in [-0.2, 0) is 10.2 Å². The van der Waals surface area contributed by atoms with Crippen LogP contribution in [0.2, 0.25) is 0 Å². The summed E-state index contributed by atoms with van der Waals surface area (Å²) in [5, 5.41) is 0. The zero-order chi connectivity index (χ0) is 17.7. The standard InChI is InChI=1S/C22H30O2/c1-14(2)17-12-16-8-9-20-21(4,5)10-7-11-22(20,6)18(16)13-19(17)24-15(3)23/h8-9,12-14,20H,7,10-11H2,1-6H3/t20-,22+/m0/s1. The van der Waals surface area contributed by atoms with E-state index in [9.17, 15) is 4.79 Å². The summed E-state index contributed by atoms with van der Waals surface area (Å²) in [4.78, 5) is 11.6. The van der Waals surface area contributed by atoms with Crippen LogP contribution >= 0.6 is 0 Å². The van der Waals surface area contributed by atoms with E-state index in [2.05, 4.69) is 58.9 Å². The van der Waals surface area contributed by atoms with Crippen molar-refractivity contribution < 1.29 is 9.53 Å². The monoisotopic (exact) mass is 326 g/mol. The fourth-order valence-electron chi connectivity index (χ4n) is 5.00. The van der Waals surface area contributed by atoms with Gasteiger partial charge in [-0.05, 0) is 64.3 Å². The first-order chi connectivity index (χ1) is 11.1. The number of hydrogen-bond acceptors (Lipinski definition) is 2. The van der Waals surface area contributed by atoms with Crippen LogP contribution in [0, 0.1) is 11.3 Å². The minimum Gasteiger partial charge on any atom is -0.426 e. The van der Waals surface area contributed by atoms with Crippen molar-refractivity contribution in [3.63, 3.8) is 0 Å². The SMILES string of the molecule is CC(=O)Oc1cc2c(cc1C(C)C)C=C[C@H]1C(C)(C)CCC[C@]21C. The first-order valence-electron chi connectivity index (χ1n) is 9.20. The summed E-state index contributed by atoms with van der Waals surface area (Å²) in [5.41, 5.74) is 4.19. The summed E-state index contributed by atoms with van der Waals surface area (Å²) >= 11 is 0. The molecule has 0 radical (unpaired) electrons. The molecular weight excluding hydrogens is 296 g/mol. The van der Waals surface area contributed by atoms with Crippen LogP contribution in [0.4, 0.5) is 0 Å². The second kappa shape index (κ2) is 5.75. The topological polar surface area (TPSA) is 26.3 Å². The summed E-state index contributed by atoms with van der Waals surface area (Å²) in [6.45, 7) is 13.0. The number of esters is 1. The van der Waals surface area contributed by atoms with Gasteiger partial charge in [0.25, 0.3) is 0 Å². The molecule has 2 nitrogen and oxygen atoms in total. The zero-order valence-corrected chi connectivity index (χ0v) is 15.9. The molecule has 1 saturated carbocycles. The van der Waals surface area contributed by atoms with Gasteiger partial charge in [0, 0.05) is 6.92 Å². The van der Waals surface area contributed by atoms with Gasteiger partial charge in [-0.3, -0.25) is 4.79 Å². The van der Waals surface area contributed by atoms with E-state index in [0.717, 1.165) is 11.3 Å². The van der Waals surface area contributed by atoms with E-state index in [1.807, 2.05) is 0 Å². The molecule has 0 amide bonds. The Labute approximate surface area is 146 Å². The molecule has 0 aliphatic heterocycles. The van der Waals surface area contributed by atoms with Crippen LogP contribution in [0.5, 0.6) is 5.75 Å². The molecule has 1 aromatic rings. The number of carbonyl (C=O) groups excluding carboxylic acids is 1. The Morgan fingerprint density at radius 1 is 1.21 bits per heavy atom. The molecular formula is C22H30O2. The Hall–Kier alpha value is -1.57. The third-order valence-electron chi connectivity index (χ3n) is 6.19. The predicted molar refractivity (Wildman–Crippen MR) is 99.3 cm³/mol. The van der Waals surface area contributed by atoms with Crippen LogP contribution in [0.15, 0.2) is 18.2 Å².